The third-order valence-corrected chi connectivity index (χ3v) is 4.88. The van der Waals surface area contributed by atoms with Crippen LogP contribution in [0.15, 0.2) is 53.6 Å². The first kappa shape index (κ1) is 22.5. The highest BCUT2D eigenvalue weighted by atomic mass is 16.2. The number of hydrazone groups is 1. The van der Waals surface area contributed by atoms with E-state index in [4.69, 9.17) is 0 Å². The van der Waals surface area contributed by atoms with Crippen molar-refractivity contribution < 1.29 is 4.79 Å². The van der Waals surface area contributed by atoms with E-state index in [1.807, 2.05) is 36.4 Å². The van der Waals surface area contributed by atoms with E-state index in [1.54, 1.807) is 6.21 Å². The number of nitrogens with zero attached hydrogens (tertiary/aromatic N) is 3. The van der Waals surface area contributed by atoms with Crippen molar-refractivity contribution in [2.24, 2.45) is 5.10 Å². The van der Waals surface area contributed by atoms with E-state index in [0.717, 1.165) is 50.3 Å². The van der Waals surface area contributed by atoms with Gasteiger partial charge in [-0.05, 0) is 68.7 Å². The molecule has 0 aromatic heterocycles. The Morgan fingerprint density at radius 3 is 1.86 bits per heavy atom. The fourth-order valence-electron chi connectivity index (χ4n) is 3.32. The van der Waals surface area contributed by atoms with Gasteiger partial charge in [0.1, 0.15) is 0 Å². The Balaban J connectivity index is 1.94. The zero-order chi connectivity index (χ0) is 21.1. The van der Waals surface area contributed by atoms with E-state index < -0.39 is 0 Å². The normalized spacial score (nSPS) is 10.9. The number of nitrogens with one attached hydrogen (secondary N) is 1. The average Bonchev–Trinajstić information content (AvgIpc) is 2.75. The highest BCUT2D eigenvalue weighted by Gasteiger charge is 2.08. The molecule has 0 unspecified atom stereocenters. The van der Waals surface area contributed by atoms with Gasteiger partial charge in [0.25, 0.3) is 5.91 Å². The van der Waals surface area contributed by atoms with Crippen molar-refractivity contribution in [3.8, 4) is 0 Å². The molecule has 2 aromatic rings. The van der Waals surface area contributed by atoms with Crippen molar-refractivity contribution in [1.82, 2.24) is 5.43 Å². The minimum Gasteiger partial charge on any atom is -0.372 e. The average molecular weight is 395 g/mol. The van der Waals surface area contributed by atoms with E-state index >= 15 is 0 Å². The summed E-state index contributed by atoms with van der Waals surface area (Å²) in [7, 11) is 0. The summed E-state index contributed by atoms with van der Waals surface area (Å²) in [5.41, 5.74) is 6.52. The van der Waals surface area contributed by atoms with E-state index in [9.17, 15) is 4.79 Å². The van der Waals surface area contributed by atoms with Crippen LogP contribution in [-0.4, -0.2) is 38.3 Å². The molecule has 0 bridgehead atoms. The molecule has 0 aliphatic heterocycles. The third kappa shape index (κ3) is 6.63. The molecule has 0 fully saturated rings. The lowest BCUT2D eigenvalue weighted by Gasteiger charge is -2.23. The van der Waals surface area contributed by atoms with Crippen LogP contribution in [-0.2, 0) is 0 Å². The summed E-state index contributed by atoms with van der Waals surface area (Å²) < 4.78 is 0. The van der Waals surface area contributed by atoms with Crippen LogP contribution in [0.25, 0.3) is 0 Å². The van der Waals surface area contributed by atoms with Crippen molar-refractivity contribution in [3.63, 3.8) is 0 Å². The molecule has 156 valence electrons. The number of rotatable bonds is 11. The van der Waals surface area contributed by atoms with Gasteiger partial charge in [-0.15, -0.1) is 0 Å². The first-order valence-corrected chi connectivity index (χ1v) is 10.7. The number of anilines is 2. The molecule has 0 saturated heterocycles. The molecule has 29 heavy (non-hydrogen) atoms. The second-order valence-electron chi connectivity index (χ2n) is 7.00. The molecule has 1 amide bonds. The molecule has 0 aliphatic carbocycles. The van der Waals surface area contributed by atoms with E-state index in [0.29, 0.717) is 5.56 Å². The minimum atomic E-state index is -0.204. The SMILES string of the molecule is CCCN(CCC)c1ccc(C(=O)N/N=C/c2ccc(N(CC)CC)cc2)cc1. The first-order chi connectivity index (χ1) is 14.1. The fourth-order valence-corrected chi connectivity index (χ4v) is 3.32. The van der Waals surface area contributed by atoms with Gasteiger partial charge in [-0.3, -0.25) is 4.79 Å². The molecule has 0 atom stereocenters. The Bertz CT molecular complexity index is 758. The zero-order valence-corrected chi connectivity index (χ0v) is 18.2. The summed E-state index contributed by atoms with van der Waals surface area (Å²) in [6.07, 6.45) is 3.88. The lowest BCUT2D eigenvalue weighted by atomic mass is 10.1. The summed E-state index contributed by atoms with van der Waals surface area (Å²) in [5, 5.41) is 4.10. The molecule has 5 nitrogen and oxygen atoms in total. The molecule has 0 spiro atoms. The molecular formula is C24H34N4O. The Morgan fingerprint density at radius 2 is 1.34 bits per heavy atom. The van der Waals surface area contributed by atoms with Crippen LogP contribution < -0.4 is 15.2 Å². The molecular weight excluding hydrogens is 360 g/mol. The lowest BCUT2D eigenvalue weighted by Crippen LogP contribution is -2.25. The summed E-state index contributed by atoms with van der Waals surface area (Å²) in [5.74, 6) is -0.204. The monoisotopic (exact) mass is 394 g/mol. The molecule has 2 rings (SSSR count). The van der Waals surface area contributed by atoms with Crippen LogP contribution in [0.2, 0.25) is 0 Å². The Kier molecular flexibility index (Phi) is 9.22. The summed E-state index contributed by atoms with van der Waals surface area (Å²) in [6, 6.07) is 15.9. The van der Waals surface area contributed by atoms with Crippen LogP contribution in [0.1, 0.15) is 56.5 Å². The smallest absolute Gasteiger partial charge is 0.271 e. The van der Waals surface area contributed by atoms with Gasteiger partial charge in [-0.25, -0.2) is 5.43 Å². The van der Waals surface area contributed by atoms with Crippen LogP contribution in [0.5, 0.6) is 0 Å². The highest BCUT2D eigenvalue weighted by Crippen LogP contribution is 2.16. The van der Waals surface area contributed by atoms with Crippen molar-refractivity contribution in [2.45, 2.75) is 40.5 Å². The fraction of sp³-hybridized carbons (Fsp3) is 0.417. The van der Waals surface area contributed by atoms with Gasteiger partial charge in [0.15, 0.2) is 0 Å². The van der Waals surface area contributed by atoms with Gasteiger partial charge in [0.05, 0.1) is 6.21 Å². The van der Waals surface area contributed by atoms with Crippen LogP contribution >= 0.6 is 0 Å². The summed E-state index contributed by atoms with van der Waals surface area (Å²) >= 11 is 0. The molecule has 0 radical (unpaired) electrons. The zero-order valence-electron chi connectivity index (χ0n) is 18.2. The number of amides is 1. The topological polar surface area (TPSA) is 47.9 Å². The number of hydrogen-bond donors (Lipinski definition) is 1. The Hall–Kier alpha value is -2.82. The predicted octanol–water partition coefficient (Wildman–Crippen LogP) is 4.92. The maximum Gasteiger partial charge on any atom is 0.271 e. The van der Waals surface area contributed by atoms with Crippen LogP contribution in [0, 0.1) is 0 Å². The largest absolute Gasteiger partial charge is 0.372 e. The standard InChI is InChI=1S/C24H34N4O/c1-5-17-28(18-6-2)23-15-11-21(12-16-23)24(29)26-25-19-20-9-13-22(14-10-20)27(7-3)8-4/h9-16,19H,5-8,17-18H2,1-4H3,(H,26,29)/b25-19+. The van der Waals surface area contributed by atoms with Crippen LogP contribution in [0.3, 0.4) is 0 Å². The number of hydrogen-bond acceptors (Lipinski definition) is 4. The Morgan fingerprint density at radius 1 is 0.828 bits per heavy atom. The van der Waals surface area contributed by atoms with Gasteiger partial charge in [-0.1, -0.05) is 26.0 Å². The van der Waals surface area contributed by atoms with Gasteiger partial charge in [0, 0.05) is 43.1 Å². The van der Waals surface area contributed by atoms with E-state index in [-0.39, 0.29) is 5.91 Å². The molecule has 0 aliphatic rings. The van der Waals surface area contributed by atoms with Crippen molar-refractivity contribution in [3.05, 3.63) is 59.7 Å². The highest BCUT2D eigenvalue weighted by molar-refractivity contribution is 5.95. The molecule has 2 aromatic carbocycles. The number of benzene rings is 2. The quantitative estimate of drug-likeness (QED) is 0.434. The number of carbonyl (C=O) groups is 1. The van der Waals surface area contributed by atoms with Crippen molar-refractivity contribution in [1.29, 1.82) is 0 Å². The van der Waals surface area contributed by atoms with Crippen molar-refractivity contribution >= 4 is 23.5 Å². The molecule has 0 heterocycles. The van der Waals surface area contributed by atoms with E-state index in [2.05, 4.69) is 60.2 Å². The molecule has 0 saturated carbocycles. The predicted molar refractivity (Wildman–Crippen MR) is 124 cm³/mol. The second-order valence-corrected chi connectivity index (χ2v) is 7.00. The third-order valence-electron chi connectivity index (χ3n) is 4.88. The van der Waals surface area contributed by atoms with Gasteiger partial charge >= 0.3 is 0 Å². The number of carbonyl (C=O) groups excluding carboxylic acids is 1. The summed E-state index contributed by atoms with van der Waals surface area (Å²) in [6.45, 7) is 12.7. The van der Waals surface area contributed by atoms with Crippen molar-refractivity contribution in [2.75, 3.05) is 36.0 Å². The van der Waals surface area contributed by atoms with Gasteiger partial charge in [-0.2, -0.15) is 5.10 Å². The van der Waals surface area contributed by atoms with Gasteiger partial charge < -0.3 is 9.80 Å². The maximum absolute atomic E-state index is 12.3. The Labute approximate surface area is 175 Å². The molecule has 5 heteroatoms. The minimum absolute atomic E-state index is 0.204. The van der Waals surface area contributed by atoms with Crippen LogP contribution in [0.4, 0.5) is 11.4 Å². The summed E-state index contributed by atoms with van der Waals surface area (Å²) in [4.78, 5) is 17.0. The van der Waals surface area contributed by atoms with E-state index in [1.165, 1.54) is 5.69 Å². The lowest BCUT2D eigenvalue weighted by molar-refractivity contribution is 0.0955. The maximum atomic E-state index is 12.3. The van der Waals surface area contributed by atoms with Gasteiger partial charge in [0.2, 0.25) is 0 Å². The second kappa shape index (κ2) is 11.9. The molecule has 1 N–H and O–H groups in total. The first-order valence-electron chi connectivity index (χ1n) is 10.7.